The van der Waals surface area contributed by atoms with Gasteiger partial charge in [0.2, 0.25) is 5.91 Å². The summed E-state index contributed by atoms with van der Waals surface area (Å²) in [5.41, 5.74) is 1.47. The highest BCUT2D eigenvalue weighted by molar-refractivity contribution is 14.1. The number of nitrogens with one attached hydrogen (secondary N) is 2. The second kappa shape index (κ2) is 7.15. The number of rotatable bonds is 4. The molecular weight excluding hydrogens is 410 g/mol. The minimum atomic E-state index is -0.137. The van der Waals surface area contributed by atoms with Crippen molar-refractivity contribution in [3.05, 3.63) is 56.1 Å². The summed E-state index contributed by atoms with van der Waals surface area (Å²) < 4.78 is 1.12. The maximum atomic E-state index is 11.8. The highest BCUT2D eigenvalue weighted by Gasteiger charge is 2.03. The predicted octanol–water partition coefficient (Wildman–Crippen LogP) is 4.65. The van der Waals surface area contributed by atoms with Gasteiger partial charge < -0.3 is 10.6 Å². The number of hydrogen-bond acceptors (Lipinski definition) is 2. The molecule has 2 aromatic carbocycles. The van der Waals surface area contributed by atoms with Crippen LogP contribution in [0.25, 0.3) is 0 Å². The lowest BCUT2D eigenvalue weighted by Gasteiger charge is -2.08. The molecule has 0 aromatic heterocycles. The van der Waals surface area contributed by atoms with Gasteiger partial charge in [-0.25, -0.2) is 0 Å². The molecule has 0 fully saturated rings. The zero-order valence-corrected chi connectivity index (χ0v) is 14.0. The zero-order chi connectivity index (χ0) is 14.5. The molecule has 104 valence electrons. The van der Waals surface area contributed by atoms with Gasteiger partial charge in [0.1, 0.15) is 0 Å². The Kier molecular flexibility index (Phi) is 5.51. The average molecular weight is 421 g/mol. The molecule has 2 rings (SSSR count). The van der Waals surface area contributed by atoms with Crippen molar-refractivity contribution in [1.29, 1.82) is 0 Å². The summed E-state index contributed by atoms with van der Waals surface area (Å²) in [6.07, 6.45) is 0. The lowest BCUT2D eigenvalue weighted by Crippen LogP contribution is -2.21. The molecule has 6 heteroatoms. The van der Waals surface area contributed by atoms with Crippen LogP contribution in [0.2, 0.25) is 10.0 Å². The van der Waals surface area contributed by atoms with E-state index < -0.39 is 0 Å². The fourth-order valence-electron chi connectivity index (χ4n) is 1.58. The number of anilines is 2. The van der Waals surface area contributed by atoms with Gasteiger partial charge in [0.25, 0.3) is 0 Å². The van der Waals surface area contributed by atoms with Crippen LogP contribution in [0.1, 0.15) is 0 Å². The highest BCUT2D eigenvalue weighted by Crippen LogP contribution is 2.22. The molecule has 20 heavy (non-hydrogen) atoms. The Morgan fingerprint density at radius 2 is 1.60 bits per heavy atom. The van der Waals surface area contributed by atoms with Gasteiger partial charge in [-0.1, -0.05) is 23.2 Å². The van der Waals surface area contributed by atoms with Crippen LogP contribution in [0.15, 0.2) is 42.5 Å². The van der Waals surface area contributed by atoms with Crippen molar-refractivity contribution < 1.29 is 4.79 Å². The SMILES string of the molecule is O=C(CNc1cc(Cl)cc(Cl)c1)Nc1ccc(I)cc1. The Hall–Kier alpha value is -0.980. The Balaban J connectivity index is 1.90. The topological polar surface area (TPSA) is 41.1 Å². The quantitative estimate of drug-likeness (QED) is 0.707. The van der Waals surface area contributed by atoms with Crippen LogP contribution in [-0.4, -0.2) is 12.5 Å². The van der Waals surface area contributed by atoms with Crippen molar-refractivity contribution in [2.75, 3.05) is 17.2 Å². The molecule has 2 N–H and O–H groups in total. The minimum absolute atomic E-state index is 0.137. The molecule has 0 aliphatic rings. The van der Waals surface area contributed by atoms with E-state index in [-0.39, 0.29) is 12.5 Å². The first-order valence-electron chi connectivity index (χ1n) is 5.78. The van der Waals surface area contributed by atoms with Crippen molar-refractivity contribution >= 4 is 63.1 Å². The normalized spacial score (nSPS) is 10.2. The number of hydrogen-bond donors (Lipinski definition) is 2. The summed E-state index contributed by atoms with van der Waals surface area (Å²) in [4.78, 5) is 11.8. The van der Waals surface area contributed by atoms with E-state index in [9.17, 15) is 4.79 Å². The summed E-state index contributed by atoms with van der Waals surface area (Å²) in [5.74, 6) is -0.137. The highest BCUT2D eigenvalue weighted by atomic mass is 127. The Bertz CT molecular complexity index is 597. The van der Waals surface area contributed by atoms with Gasteiger partial charge >= 0.3 is 0 Å². The number of amides is 1. The van der Waals surface area contributed by atoms with Gasteiger partial charge in [0, 0.05) is 25.0 Å². The number of carbonyl (C=O) groups excluding carboxylic acids is 1. The lowest BCUT2D eigenvalue weighted by atomic mass is 10.3. The molecule has 0 heterocycles. The van der Waals surface area contributed by atoms with Crippen molar-refractivity contribution in [3.8, 4) is 0 Å². The summed E-state index contributed by atoms with van der Waals surface area (Å²) >= 11 is 14.0. The predicted molar refractivity (Wildman–Crippen MR) is 92.7 cm³/mol. The van der Waals surface area contributed by atoms with E-state index in [2.05, 4.69) is 33.2 Å². The van der Waals surface area contributed by atoms with E-state index in [1.54, 1.807) is 18.2 Å². The molecule has 0 bridgehead atoms. The maximum Gasteiger partial charge on any atom is 0.243 e. The molecule has 2 aromatic rings. The summed E-state index contributed by atoms with van der Waals surface area (Å²) in [5, 5.41) is 6.83. The minimum Gasteiger partial charge on any atom is -0.376 e. The molecule has 0 radical (unpaired) electrons. The van der Waals surface area contributed by atoms with Gasteiger partial charge in [0.15, 0.2) is 0 Å². The van der Waals surface area contributed by atoms with Gasteiger partial charge in [-0.2, -0.15) is 0 Å². The van der Waals surface area contributed by atoms with Crippen molar-refractivity contribution in [2.45, 2.75) is 0 Å². The summed E-state index contributed by atoms with van der Waals surface area (Å²) in [6.45, 7) is 0.142. The Labute approximate surface area is 140 Å². The van der Waals surface area contributed by atoms with Crippen molar-refractivity contribution in [3.63, 3.8) is 0 Å². The number of halogens is 3. The van der Waals surface area contributed by atoms with Crippen LogP contribution in [-0.2, 0) is 4.79 Å². The fourth-order valence-corrected chi connectivity index (χ4v) is 2.46. The number of benzene rings is 2. The van der Waals surface area contributed by atoms with Crippen molar-refractivity contribution in [1.82, 2.24) is 0 Å². The van der Waals surface area contributed by atoms with Crippen LogP contribution in [0.4, 0.5) is 11.4 Å². The number of carbonyl (C=O) groups is 1. The molecule has 1 amide bonds. The monoisotopic (exact) mass is 420 g/mol. The van der Waals surface area contributed by atoms with E-state index in [4.69, 9.17) is 23.2 Å². The van der Waals surface area contributed by atoms with Gasteiger partial charge in [-0.3, -0.25) is 4.79 Å². The van der Waals surface area contributed by atoms with Crippen LogP contribution in [0, 0.1) is 3.57 Å². The maximum absolute atomic E-state index is 11.8. The fraction of sp³-hybridized carbons (Fsp3) is 0.0714. The van der Waals surface area contributed by atoms with E-state index in [1.165, 1.54) is 0 Å². The second-order valence-electron chi connectivity index (χ2n) is 4.07. The molecule has 0 unspecified atom stereocenters. The Morgan fingerprint density at radius 1 is 1.00 bits per heavy atom. The van der Waals surface area contributed by atoms with E-state index in [0.29, 0.717) is 15.7 Å². The van der Waals surface area contributed by atoms with Gasteiger partial charge in [0.05, 0.1) is 6.54 Å². The lowest BCUT2D eigenvalue weighted by molar-refractivity contribution is -0.114. The van der Waals surface area contributed by atoms with Crippen molar-refractivity contribution in [2.24, 2.45) is 0 Å². The van der Waals surface area contributed by atoms with Crippen LogP contribution >= 0.6 is 45.8 Å². The standard InChI is InChI=1S/C14H11Cl2IN2O/c15-9-5-10(16)7-13(6-9)18-8-14(20)19-12-3-1-11(17)2-4-12/h1-7,18H,8H2,(H,19,20). The first-order valence-corrected chi connectivity index (χ1v) is 7.62. The van der Waals surface area contributed by atoms with Gasteiger partial charge in [-0.15, -0.1) is 0 Å². The van der Waals surface area contributed by atoms with Crippen LogP contribution in [0.3, 0.4) is 0 Å². The van der Waals surface area contributed by atoms with Crippen LogP contribution in [0.5, 0.6) is 0 Å². The molecule has 0 saturated heterocycles. The molecule has 0 saturated carbocycles. The first-order chi connectivity index (χ1) is 9.52. The third kappa shape index (κ3) is 4.85. The third-order valence-corrected chi connectivity index (χ3v) is 3.60. The largest absolute Gasteiger partial charge is 0.376 e. The molecule has 0 atom stereocenters. The third-order valence-electron chi connectivity index (χ3n) is 2.44. The van der Waals surface area contributed by atoms with Gasteiger partial charge in [-0.05, 0) is 65.1 Å². The summed E-state index contributed by atoms with van der Waals surface area (Å²) in [7, 11) is 0. The van der Waals surface area contributed by atoms with Crippen LogP contribution < -0.4 is 10.6 Å². The first kappa shape index (κ1) is 15.4. The molecule has 0 spiro atoms. The second-order valence-corrected chi connectivity index (χ2v) is 6.19. The Morgan fingerprint density at radius 3 is 2.20 bits per heavy atom. The molecule has 0 aliphatic carbocycles. The average Bonchev–Trinajstić information content (AvgIpc) is 2.38. The smallest absolute Gasteiger partial charge is 0.243 e. The summed E-state index contributed by atoms with van der Waals surface area (Å²) in [6, 6.07) is 12.6. The molecule has 0 aliphatic heterocycles. The molecule has 3 nitrogen and oxygen atoms in total. The van der Waals surface area contributed by atoms with E-state index >= 15 is 0 Å². The van der Waals surface area contributed by atoms with E-state index in [1.807, 2.05) is 24.3 Å². The zero-order valence-electron chi connectivity index (χ0n) is 10.3. The molecular formula is C14H11Cl2IN2O. The van der Waals surface area contributed by atoms with E-state index in [0.717, 1.165) is 9.26 Å².